The van der Waals surface area contributed by atoms with E-state index in [0.717, 1.165) is 11.1 Å². The van der Waals surface area contributed by atoms with Crippen LogP contribution in [0, 0.1) is 0 Å². The zero-order valence-corrected chi connectivity index (χ0v) is 20.4. The van der Waals surface area contributed by atoms with Crippen molar-refractivity contribution in [2.24, 2.45) is 0 Å². The first kappa shape index (κ1) is 23.7. The number of carbonyl (C=O) groups is 1. The van der Waals surface area contributed by atoms with Crippen molar-refractivity contribution in [2.45, 2.75) is 52.4 Å². The van der Waals surface area contributed by atoms with Crippen LogP contribution in [0.3, 0.4) is 0 Å². The van der Waals surface area contributed by atoms with E-state index in [1.807, 2.05) is 48.5 Å². The van der Waals surface area contributed by atoms with Gasteiger partial charge in [-0.3, -0.25) is 0 Å². The van der Waals surface area contributed by atoms with E-state index in [0.29, 0.717) is 23.0 Å². The fourth-order valence-corrected chi connectivity index (χ4v) is 3.45. The molecule has 3 aromatic rings. The molecular formula is C26H31N3O2S. The van der Waals surface area contributed by atoms with Gasteiger partial charge in [-0.1, -0.05) is 84.7 Å². The van der Waals surface area contributed by atoms with Gasteiger partial charge in [-0.15, -0.1) is 0 Å². The number of aromatic nitrogens is 1. The average Bonchev–Trinajstić information content (AvgIpc) is 2.73. The Kier molecular flexibility index (Phi) is 6.84. The Morgan fingerprint density at radius 3 is 2.34 bits per heavy atom. The molecule has 1 aromatic heterocycles. The van der Waals surface area contributed by atoms with Gasteiger partial charge in [-0.25, -0.2) is 14.1 Å². The van der Waals surface area contributed by atoms with E-state index in [-0.39, 0.29) is 10.8 Å². The summed E-state index contributed by atoms with van der Waals surface area (Å²) in [5, 5.41) is 2.91. The fraction of sp³-hybridized carbons (Fsp3) is 0.308. The minimum absolute atomic E-state index is 0.0216. The molecule has 32 heavy (non-hydrogen) atoms. The van der Waals surface area contributed by atoms with Crippen molar-refractivity contribution in [3.05, 3.63) is 78.0 Å². The molecule has 1 heterocycles. The Bertz CT molecular complexity index is 1100. The van der Waals surface area contributed by atoms with Gasteiger partial charge in [0.1, 0.15) is 11.4 Å². The maximum Gasteiger partial charge on any atom is 0.336 e. The molecule has 0 bridgehead atoms. The van der Waals surface area contributed by atoms with E-state index in [1.165, 1.54) is 4.31 Å². The Labute approximate surface area is 196 Å². The van der Waals surface area contributed by atoms with Crippen LogP contribution in [0.4, 0.5) is 16.2 Å². The number of para-hydroxylation sites is 1. The number of ether oxygens (including phenoxy) is 1. The molecule has 1 N–H and O–H groups in total. The number of urea groups is 1. The van der Waals surface area contributed by atoms with Crippen LogP contribution in [0.15, 0.2) is 66.9 Å². The smallest absolute Gasteiger partial charge is 0.336 e. The predicted octanol–water partition coefficient (Wildman–Crippen LogP) is 7.35. The summed E-state index contributed by atoms with van der Waals surface area (Å²) in [6.07, 6.45) is 1.63. The molecule has 0 saturated heterocycles. The van der Waals surface area contributed by atoms with E-state index < -0.39 is 6.03 Å². The molecule has 0 saturated carbocycles. The van der Waals surface area contributed by atoms with Crippen molar-refractivity contribution in [3.8, 4) is 11.6 Å². The van der Waals surface area contributed by atoms with Crippen molar-refractivity contribution in [1.29, 1.82) is 0 Å². The Balaban J connectivity index is 1.85. The molecule has 0 aliphatic carbocycles. The molecule has 0 fully saturated rings. The maximum absolute atomic E-state index is 13.0. The second-order valence-corrected chi connectivity index (χ2v) is 10.1. The highest BCUT2D eigenvalue weighted by Crippen LogP contribution is 2.37. The maximum atomic E-state index is 13.0. The lowest BCUT2D eigenvalue weighted by Crippen LogP contribution is -2.27. The van der Waals surface area contributed by atoms with Crippen LogP contribution in [0.5, 0.6) is 11.6 Å². The largest absolute Gasteiger partial charge is 0.437 e. The van der Waals surface area contributed by atoms with Crippen molar-refractivity contribution in [3.63, 3.8) is 0 Å². The van der Waals surface area contributed by atoms with E-state index in [1.54, 1.807) is 18.3 Å². The lowest BCUT2D eigenvalue weighted by molar-refractivity contribution is 0.260. The molecule has 0 radical (unpaired) electrons. The van der Waals surface area contributed by atoms with Gasteiger partial charge in [0, 0.05) is 17.4 Å². The topological polar surface area (TPSA) is 54.5 Å². The molecule has 2 amide bonds. The van der Waals surface area contributed by atoms with Crippen LogP contribution < -0.4 is 14.4 Å². The number of anilines is 2. The zero-order chi connectivity index (χ0) is 23.5. The third-order valence-corrected chi connectivity index (χ3v) is 5.45. The van der Waals surface area contributed by atoms with Crippen molar-refractivity contribution < 1.29 is 9.53 Å². The summed E-state index contributed by atoms with van der Waals surface area (Å²) in [4.78, 5) is 17.3. The number of rotatable bonds is 4. The van der Waals surface area contributed by atoms with Gasteiger partial charge in [-0.05, 0) is 46.7 Å². The molecule has 0 spiro atoms. The Morgan fingerprint density at radius 2 is 1.66 bits per heavy atom. The molecule has 0 aliphatic rings. The molecule has 168 valence electrons. The van der Waals surface area contributed by atoms with Gasteiger partial charge in [0.15, 0.2) is 0 Å². The van der Waals surface area contributed by atoms with Crippen LogP contribution in [-0.4, -0.2) is 11.0 Å². The molecule has 6 heteroatoms. The molecule has 5 nitrogen and oxygen atoms in total. The summed E-state index contributed by atoms with van der Waals surface area (Å²) in [6, 6.07) is 18.7. The van der Waals surface area contributed by atoms with Crippen molar-refractivity contribution >= 4 is 30.2 Å². The SMILES string of the molecule is CC(C)(C)c1cccc(NC(=O)N(S)c2cccnc2Oc2ccccc2C(C)(C)C)c1. The highest BCUT2D eigenvalue weighted by Gasteiger charge is 2.23. The molecule has 3 rings (SSSR count). The summed E-state index contributed by atoms with van der Waals surface area (Å²) in [5.41, 5.74) is 3.19. The van der Waals surface area contributed by atoms with Gasteiger partial charge in [0.05, 0.1) is 0 Å². The highest BCUT2D eigenvalue weighted by atomic mass is 32.1. The number of thiol groups is 1. The van der Waals surface area contributed by atoms with E-state index in [9.17, 15) is 4.79 Å². The number of nitrogens with one attached hydrogen (secondary N) is 1. The van der Waals surface area contributed by atoms with Gasteiger partial charge in [0.25, 0.3) is 0 Å². The molecule has 0 atom stereocenters. The molecular weight excluding hydrogens is 418 g/mol. The number of nitrogens with zero attached hydrogens (tertiary/aromatic N) is 2. The summed E-state index contributed by atoms with van der Waals surface area (Å²) in [6.45, 7) is 12.8. The second-order valence-electron chi connectivity index (χ2n) is 9.75. The summed E-state index contributed by atoms with van der Waals surface area (Å²) < 4.78 is 7.38. The molecule has 0 unspecified atom stereocenters. The highest BCUT2D eigenvalue weighted by molar-refractivity contribution is 7.82. The van der Waals surface area contributed by atoms with E-state index in [2.05, 4.69) is 64.7 Å². The number of benzene rings is 2. The summed E-state index contributed by atoms with van der Waals surface area (Å²) in [7, 11) is 0. The average molecular weight is 450 g/mol. The number of amides is 2. The quantitative estimate of drug-likeness (QED) is 0.409. The fourth-order valence-electron chi connectivity index (χ4n) is 3.25. The van der Waals surface area contributed by atoms with E-state index >= 15 is 0 Å². The Hall–Kier alpha value is -2.99. The third kappa shape index (κ3) is 5.62. The minimum Gasteiger partial charge on any atom is -0.437 e. The van der Waals surface area contributed by atoms with Crippen molar-refractivity contribution in [1.82, 2.24) is 4.98 Å². The van der Waals surface area contributed by atoms with Crippen LogP contribution in [0.1, 0.15) is 52.7 Å². The normalized spacial score (nSPS) is 11.7. The summed E-state index contributed by atoms with van der Waals surface area (Å²) >= 11 is 4.45. The lowest BCUT2D eigenvalue weighted by atomic mass is 9.86. The Morgan fingerprint density at radius 1 is 0.938 bits per heavy atom. The first-order valence-electron chi connectivity index (χ1n) is 10.6. The van der Waals surface area contributed by atoms with Crippen molar-refractivity contribution in [2.75, 3.05) is 9.62 Å². The third-order valence-electron chi connectivity index (χ3n) is 5.05. The number of hydrogen-bond acceptors (Lipinski definition) is 4. The molecule has 2 aromatic carbocycles. The number of hydrogen-bond donors (Lipinski definition) is 2. The zero-order valence-electron chi connectivity index (χ0n) is 19.5. The standard InChI is InChI=1S/C26H31N3O2S/c1-25(2,3)18-11-9-12-19(17-18)28-24(30)29(32)21-14-10-16-27-23(21)31-22-15-8-7-13-20(22)26(4,5)6/h7-17,32H,1-6H3,(H,28,30). The van der Waals surface area contributed by atoms with Crippen LogP contribution in [0.2, 0.25) is 0 Å². The number of pyridine rings is 1. The first-order chi connectivity index (χ1) is 15.0. The van der Waals surface area contributed by atoms with Crippen LogP contribution in [0.25, 0.3) is 0 Å². The first-order valence-corrected chi connectivity index (χ1v) is 11.0. The second kappa shape index (κ2) is 9.25. The summed E-state index contributed by atoms with van der Waals surface area (Å²) in [5.74, 6) is 0.998. The van der Waals surface area contributed by atoms with Gasteiger partial charge in [-0.2, -0.15) is 0 Å². The monoisotopic (exact) mass is 449 g/mol. The van der Waals surface area contributed by atoms with Crippen LogP contribution >= 0.6 is 12.8 Å². The van der Waals surface area contributed by atoms with Gasteiger partial charge >= 0.3 is 6.03 Å². The predicted molar refractivity (Wildman–Crippen MR) is 135 cm³/mol. The minimum atomic E-state index is -0.402. The van der Waals surface area contributed by atoms with E-state index in [4.69, 9.17) is 4.74 Å². The van der Waals surface area contributed by atoms with Crippen LogP contribution in [-0.2, 0) is 10.8 Å². The lowest BCUT2D eigenvalue weighted by Gasteiger charge is -2.24. The van der Waals surface area contributed by atoms with Gasteiger partial charge in [0.2, 0.25) is 5.88 Å². The number of carbonyl (C=O) groups excluding carboxylic acids is 1. The van der Waals surface area contributed by atoms with Gasteiger partial charge < -0.3 is 10.1 Å². The molecule has 0 aliphatic heterocycles.